The number of benzene rings is 1. The molecule has 1 aliphatic heterocycles. The van der Waals surface area contributed by atoms with E-state index in [9.17, 15) is 9.59 Å². The summed E-state index contributed by atoms with van der Waals surface area (Å²) < 4.78 is 0. The second-order valence-electron chi connectivity index (χ2n) is 6.83. The summed E-state index contributed by atoms with van der Waals surface area (Å²) in [4.78, 5) is 28.2. The van der Waals surface area contributed by atoms with Crippen LogP contribution in [0.2, 0.25) is 0 Å². The Kier molecular flexibility index (Phi) is 7.57. The molecule has 2 N–H and O–H groups in total. The first-order valence-corrected chi connectivity index (χ1v) is 9.00. The molecule has 7 nitrogen and oxygen atoms in total. The normalized spacial score (nSPS) is 15.5. The van der Waals surface area contributed by atoms with Gasteiger partial charge >= 0.3 is 0 Å². The van der Waals surface area contributed by atoms with Crippen LogP contribution < -0.4 is 10.6 Å². The molecule has 0 bridgehead atoms. The third-order valence-corrected chi connectivity index (χ3v) is 4.23. The predicted octanol–water partition coefficient (Wildman–Crippen LogP) is 1.03. The highest BCUT2D eigenvalue weighted by Crippen LogP contribution is 2.09. The number of piperazine rings is 1. The van der Waals surface area contributed by atoms with Crippen LogP contribution in [0.4, 0.5) is 5.69 Å². The first kappa shape index (κ1) is 19.9. The molecule has 26 heavy (non-hydrogen) atoms. The van der Waals surface area contributed by atoms with Crippen molar-refractivity contribution in [3.8, 4) is 6.07 Å². The van der Waals surface area contributed by atoms with Crippen LogP contribution in [0.25, 0.3) is 0 Å². The minimum atomic E-state index is -0.0338. The quantitative estimate of drug-likeness (QED) is 0.761. The fourth-order valence-electron chi connectivity index (χ4n) is 2.85. The van der Waals surface area contributed by atoms with E-state index in [-0.39, 0.29) is 17.9 Å². The molecule has 1 aromatic carbocycles. The second-order valence-corrected chi connectivity index (χ2v) is 6.83. The number of nitrogens with zero attached hydrogens (tertiary/aromatic N) is 3. The highest BCUT2D eigenvalue weighted by atomic mass is 16.2. The zero-order valence-corrected chi connectivity index (χ0v) is 15.5. The molecule has 0 radical (unpaired) electrons. The number of amides is 2. The lowest BCUT2D eigenvalue weighted by molar-refractivity contribution is -0.123. The van der Waals surface area contributed by atoms with Crippen molar-refractivity contribution >= 4 is 17.5 Å². The van der Waals surface area contributed by atoms with Crippen LogP contribution in [0.3, 0.4) is 0 Å². The summed E-state index contributed by atoms with van der Waals surface area (Å²) in [5.41, 5.74) is 1.28. The Labute approximate surface area is 155 Å². The highest BCUT2D eigenvalue weighted by molar-refractivity contribution is 5.90. The van der Waals surface area contributed by atoms with Crippen LogP contribution in [0.15, 0.2) is 24.3 Å². The molecule has 0 atom stereocenters. The largest absolute Gasteiger partial charge is 0.353 e. The third kappa shape index (κ3) is 6.82. The Bertz CT molecular complexity index is 643. The molecule has 2 rings (SSSR count). The lowest BCUT2D eigenvalue weighted by atomic mass is 10.2. The van der Waals surface area contributed by atoms with E-state index in [1.54, 1.807) is 24.3 Å². The molecule has 0 spiro atoms. The zero-order chi connectivity index (χ0) is 18.9. The number of hydrogen-bond donors (Lipinski definition) is 2. The minimum Gasteiger partial charge on any atom is -0.353 e. The lowest BCUT2D eigenvalue weighted by Crippen LogP contribution is -2.50. The van der Waals surface area contributed by atoms with Crippen LogP contribution in [0, 0.1) is 11.3 Å². The van der Waals surface area contributed by atoms with E-state index in [4.69, 9.17) is 5.26 Å². The maximum absolute atomic E-state index is 12.1. The van der Waals surface area contributed by atoms with Crippen LogP contribution in [-0.2, 0) is 9.59 Å². The average Bonchev–Trinajstić information content (AvgIpc) is 2.61. The number of hydrogen-bond acceptors (Lipinski definition) is 5. The van der Waals surface area contributed by atoms with Crippen molar-refractivity contribution in [2.45, 2.75) is 26.3 Å². The minimum absolute atomic E-state index is 0.0338. The first-order valence-electron chi connectivity index (χ1n) is 9.00. The summed E-state index contributed by atoms with van der Waals surface area (Å²) in [6, 6.07) is 9.05. The molecule has 0 aliphatic carbocycles. The average molecular weight is 357 g/mol. The number of anilines is 1. The first-order chi connectivity index (χ1) is 12.5. The molecule has 1 aromatic rings. The van der Waals surface area contributed by atoms with Crippen molar-refractivity contribution in [2.24, 2.45) is 0 Å². The third-order valence-electron chi connectivity index (χ3n) is 4.23. The monoisotopic (exact) mass is 357 g/mol. The Balaban J connectivity index is 1.65. The van der Waals surface area contributed by atoms with E-state index in [1.807, 2.05) is 13.8 Å². The van der Waals surface area contributed by atoms with Gasteiger partial charge in [0.2, 0.25) is 11.8 Å². The molecular weight excluding hydrogens is 330 g/mol. The van der Waals surface area contributed by atoms with Gasteiger partial charge in [-0.05, 0) is 38.1 Å². The van der Waals surface area contributed by atoms with Crippen molar-refractivity contribution in [3.05, 3.63) is 29.8 Å². The highest BCUT2D eigenvalue weighted by Gasteiger charge is 2.19. The van der Waals surface area contributed by atoms with Crippen molar-refractivity contribution in [1.82, 2.24) is 15.1 Å². The SMILES string of the molecule is CC(C)NC(=O)CN1CCN(CCC(=O)Nc2ccc(C#N)cc2)CC1. The molecule has 0 saturated carbocycles. The summed E-state index contributed by atoms with van der Waals surface area (Å²) in [6.45, 7) is 8.45. The van der Waals surface area contributed by atoms with Crippen LogP contribution in [0.1, 0.15) is 25.8 Å². The molecule has 1 aliphatic rings. The Morgan fingerprint density at radius 2 is 1.69 bits per heavy atom. The molecule has 2 amide bonds. The van der Waals surface area contributed by atoms with Gasteiger partial charge in [0.1, 0.15) is 0 Å². The fourth-order valence-corrected chi connectivity index (χ4v) is 2.85. The predicted molar refractivity (Wildman–Crippen MR) is 101 cm³/mol. The van der Waals surface area contributed by atoms with Crippen molar-refractivity contribution in [3.63, 3.8) is 0 Å². The Hall–Kier alpha value is -2.43. The van der Waals surface area contributed by atoms with E-state index in [1.165, 1.54) is 0 Å². The van der Waals surface area contributed by atoms with Crippen molar-refractivity contribution in [1.29, 1.82) is 5.26 Å². The maximum atomic E-state index is 12.1. The molecule has 140 valence electrons. The van der Waals surface area contributed by atoms with Gasteiger partial charge in [0, 0.05) is 50.9 Å². The van der Waals surface area contributed by atoms with E-state index in [0.29, 0.717) is 30.8 Å². The molecule has 7 heteroatoms. The van der Waals surface area contributed by atoms with Crippen LogP contribution >= 0.6 is 0 Å². The van der Waals surface area contributed by atoms with Gasteiger partial charge in [-0.2, -0.15) is 5.26 Å². The number of carbonyl (C=O) groups is 2. The van der Waals surface area contributed by atoms with Gasteiger partial charge in [0.05, 0.1) is 18.2 Å². The molecule has 1 heterocycles. The summed E-state index contributed by atoms with van der Waals surface area (Å²) in [5, 5.41) is 14.5. The molecule has 1 saturated heterocycles. The van der Waals surface area contributed by atoms with Gasteiger partial charge in [-0.15, -0.1) is 0 Å². The van der Waals surface area contributed by atoms with E-state index in [2.05, 4.69) is 26.5 Å². The van der Waals surface area contributed by atoms with Gasteiger partial charge in [-0.25, -0.2) is 0 Å². The Morgan fingerprint density at radius 3 is 2.27 bits per heavy atom. The van der Waals surface area contributed by atoms with Gasteiger partial charge < -0.3 is 15.5 Å². The molecular formula is C19H27N5O2. The number of nitrogens with one attached hydrogen (secondary N) is 2. The van der Waals surface area contributed by atoms with E-state index < -0.39 is 0 Å². The van der Waals surface area contributed by atoms with Crippen molar-refractivity contribution in [2.75, 3.05) is 44.6 Å². The van der Waals surface area contributed by atoms with Crippen LogP contribution in [0.5, 0.6) is 0 Å². The van der Waals surface area contributed by atoms with Gasteiger partial charge in [0.15, 0.2) is 0 Å². The number of nitriles is 1. The maximum Gasteiger partial charge on any atom is 0.234 e. The van der Waals surface area contributed by atoms with Crippen LogP contribution in [-0.4, -0.2) is 66.9 Å². The topological polar surface area (TPSA) is 88.5 Å². The van der Waals surface area contributed by atoms with E-state index >= 15 is 0 Å². The van der Waals surface area contributed by atoms with Gasteiger partial charge in [-0.1, -0.05) is 0 Å². The smallest absolute Gasteiger partial charge is 0.234 e. The Morgan fingerprint density at radius 1 is 1.08 bits per heavy atom. The summed E-state index contributed by atoms with van der Waals surface area (Å²) >= 11 is 0. The number of carbonyl (C=O) groups excluding carboxylic acids is 2. The molecule has 0 unspecified atom stereocenters. The van der Waals surface area contributed by atoms with E-state index in [0.717, 1.165) is 26.2 Å². The standard InChI is InChI=1S/C19H27N5O2/c1-15(2)21-19(26)14-24-11-9-23(10-12-24)8-7-18(25)22-17-5-3-16(13-20)4-6-17/h3-6,15H,7-12,14H2,1-2H3,(H,21,26)(H,22,25). The summed E-state index contributed by atoms with van der Waals surface area (Å²) in [7, 11) is 0. The summed E-state index contributed by atoms with van der Waals surface area (Å²) in [6.07, 6.45) is 0.424. The van der Waals surface area contributed by atoms with Crippen molar-refractivity contribution < 1.29 is 9.59 Å². The molecule has 0 aromatic heterocycles. The van der Waals surface area contributed by atoms with Gasteiger partial charge in [-0.3, -0.25) is 14.5 Å². The summed E-state index contributed by atoms with van der Waals surface area (Å²) in [5.74, 6) is 0.0312. The lowest BCUT2D eigenvalue weighted by Gasteiger charge is -2.34. The number of rotatable bonds is 7. The molecule has 1 fully saturated rings. The second kappa shape index (κ2) is 9.90. The fraction of sp³-hybridized carbons (Fsp3) is 0.526. The zero-order valence-electron chi connectivity index (χ0n) is 15.5. The van der Waals surface area contributed by atoms with Gasteiger partial charge in [0.25, 0.3) is 0 Å².